The maximum Gasteiger partial charge on any atom is 0.0435 e. The molecule has 1 atom stereocenters. The van der Waals surface area contributed by atoms with Crippen LogP contribution in [0.3, 0.4) is 0 Å². The van der Waals surface area contributed by atoms with Gasteiger partial charge in [-0.15, -0.1) is 0 Å². The van der Waals surface area contributed by atoms with E-state index in [1.54, 1.807) is 0 Å². The van der Waals surface area contributed by atoms with E-state index >= 15 is 0 Å². The lowest BCUT2D eigenvalue weighted by atomic mass is 9.96. The summed E-state index contributed by atoms with van der Waals surface area (Å²) < 4.78 is 0. The summed E-state index contributed by atoms with van der Waals surface area (Å²) in [7, 11) is 3.83. The van der Waals surface area contributed by atoms with E-state index in [4.69, 9.17) is 0 Å². The number of fused-ring (bicyclic) bond motifs is 1. The normalized spacial score (nSPS) is 25.7. The average molecular weight is 185 g/mol. The number of rotatable bonds is 0. The second-order valence-corrected chi connectivity index (χ2v) is 4.99. The van der Waals surface area contributed by atoms with Gasteiger partial charge in [0, 0.05) is 15.3 Å². The summed E-state index contributed by atoms with van der Waals surface area (Å²) in [5.74, 6) is 0. The van der Waals surface area contributed by atoms with Crippen molar-refractivity contribution in [3.63, 3.8) is 0 Å². The Labute approximate surface area is 83.1 Å². The quantitative estimate of drug-likeness (QED) is 0.545. The van der Waals surface area contributed by atoms with Crippen LogP contribution < -0.4 is 0 Å². The molecular formula is C12H13Si. The van der Waals surface area contributed by atoms with Crippen molar-refractivity contribution in [3.8, 4) is 0 Å². The molecule has 0 nitrogen and oxygen atoms in total. The molecule has 1 aromatic rings. The van der Waals surface area contributed by atoms with Crippen LogP contribution in [0.15, 0.2) is 23.8 Å². The first-order chi connectivity index (χ1) is 6.03. The van der Waals surface area contributed by atoms with Gasteiger partial charge in [-0.1, -0.05) is 36.8 Å². The fourth-order valence-corrected chi connectivity index (χ4v) is 2.17. The first-order valence-electron chi connectivity index (χ1n) is 4.57. The van der Waals surface area contributed by atoms with Gasteiger partial charge in [-0.25, -0.2) is 0 Å². The number of allylic oxidation sites excluding steroid dienone is 1. The van der Waals surface area contributed by atoms with Crippen molar-refractivity contribution in [2.45, 2.75) is 25.8 Å². The fourth-order valence-electron chi connectivity index (χ4n) is 1.88. The second kappa shape index (κ2) is 2.58. The first kappa shape index (κ1) is 8.76. The SMILES string of the molecule is CC1=Cc2c(C)cccc2C1(C)[Si]. The molecule has 1 unspecified atom stereocenters. The summed E-state index contributed by atoms with van der Waals surface area (Å²) >= 11 is 0. The molecule has 13 heavy (non-hydrogen) atoms. The Balaban J connectivity index is 2.71. The predicted octanol–water partition coefficient (Wildman–Crippen LogP) is 2.80. The van der Waals surface area contributed by atoms with Gasteiger partial charge in [0.2, 0.25) is 0 Å². The summed E-state index contributed by atoms with van der Waals surface area (Å²) in [5, 5.41) is 0.0430. The van der Waals surface area contributed by atoms with E-state index in [1.807, 2.05) is 0 Å². The highest BCUT2D eigenvalue weighted by Crippen LogP contribution is 2.39. The van der Waals surface area contributed by atoms with Crippen molar-refractivity contribution in [1.82, 2.24) is 0 Å². The highest BCUT2D eigenvalue weighted by atomic mass is 28.1. The molecule has 0 saturated heterocycles. The largest absolute Gasteiger partial charge is 0.0660 e. The molecule has 3 radical (unpaired) electrons. The Kier molecular flexibility index (Phi) is 1.74. The minimum absolute atomic E-state index is 0.0430. The molecule has 1 aromatic carbocycles. The Morgan fingerprint density at radius 1 is 1.23 bits per heavy atom. The smallest absolute Gasteiger partial charge is 0.0435 e. The summed E-state index contributed by atoms with van der Waals surface area (Å²) in [5.41, 5.74) is 5.52. The zero-order valence-electron chi connectivity index (χ0n) is 8.31. The standard InChI is InChI=1S/C12H13Si/c1-8-5-4-6-11-10(8)7-9(2)12(11,3)13/h4-7H,1-3H3. The number of hydrogen-bond donors (Lipinski definition) is 0. The van der Waals surface area contributed by atoms with Crippen LogP contribution >= 0.6 is 0 Å². The lowest BCUT2D eigenvalue weighted by molar-refractivity contribution is 0.818. The molecule has 0 aromatic heterocycles. The van der Waals surface area contributed by atoms with E-state index < -0.39 is 0 Å². The molecule has 0 spiro atoms. The molecule has 65 valence electrons. The van der Waals surface area contributed by atoms with Crippen LogP contribution in [0.2, 0.25) is 0 Å². The predicted molar refractivity (Wildman–Crippen MR) is 57.9 cm³/mol. The molecule has 2 rings (SSSR count). The first-order valence-corrected chi connectivity index (χ1v) is 5.07. The van der Waals surface area contributed by atoms with Crippen molar-refractivity contribution in [2.75, 3.05) is 0 Å². The van der Waals surface area contributed by atoms with E-state index in [1.165, 1.54) is 22.3 Å². The molecule has 1 aliphatic rings. The van der Waals surface area contributed by atoms with Gasteiger partial charge < -0.3 is 0 Å². The molecule has 0 bridgehead atoms. The van der Waals surface area contributed by atoms with Gasteiger partial charge in [-0.3, -0.25) is 0 Å². The fraction of sp³-hybridized carbons (Fsp3) is 0.333. The van der Waals surface area contributed by atoms with E-state index in [0.29, 0.717) is 0 Å². The van der Waals surface area contributed by atoms with Crippen LogP contribution in [0.5, 0.6) is 0 Å². The zero-order valence-corrected chi connectivity index (χ0v) is 9.31. The summed E-state index contributed by atoms with van der Waals surface area (Å²) in [6.45, 7) is 6.55. The Hall–Kier alpha value is -0.823. The van der Waals surface area contributed by atoms with Crippen LogP contribution in [0.1, 0.15) is 30.5 Å². The van der Waals surface area contributed by atoms with E-state index in [-0.39, 0.29) is 5.04 Å². The van der Waals surface area contributed by atoms with Gasteiger partial charge >= 0.3 is 0 Å². The van der Waals surface area contributed by atoms with Crippen molar-refractivity contribution >= 4 is 16.3 Å². The zero-order chi connectivity index (χ0) is 9.64. The third-order valence-corrected chi connectivity index (χ3v) is 3.68. The Morgan fingerprint density at radius 2 is 1.92 bits per heavy atom. The number of hydrogen-bond acceptors (Lipinski definition) is 0. The molecule has 0 aliphatic heterocycles. The van der Waals surface area contributed by atoms with Crippen LogP contribution in [0.25, 0.3) is 6.08 Å². The van der Waals surface area contributed by atoms with Crippen molar-refractivity contribution < 1.29 is 0 Å². The molecule has 0 heterocycles. The molecular weight excluding hydrogens is 172 g/mol. The topological polar surface area (TPSA) is 0 Å². The summed E-state index contributed by atoms with van der Waals surface area (Å²) in [6, 6.07) is 6.48. The van der Waals surface area contributed by atoms with Crippen LogP contribution in [0, 0.1) is 6.92 Å². The van der Waals surface area contributed by atoms with Crippen molar-refractivity contribution in [3.05, 3.63) is 40.5 Å². The van der Waals surface area contributed by atoms with E-state index in [0.717, 1.165) is 0 Å². The van der Waals surface area contributed by atoms with Crippen LogP contribution in [-0.4, -0.2) is 10.2 Å². The van der Waals surface area contributed by atoms with Crippen molar-refractivity contribution in [1.29, 1.82) is 0 Å². The van der Waals surface area contributed by atoms with Gasteiger partial charge in [0.25, 0.3) is 0 Å². The molecule has 0 saturated carbocycles. The Bertz CT molecular complexity index is 386. The number of aryl methyl sites for hydroxylation is 1. The second-order valence-electron chi connectivity index (χ2n) is 3.99. The third kappa shape index (κ3) is 1.11. The molecule has 0 N–H and O–H groups in total. The summed E-state index contributed by atoms with van der Waals surface area (Å²) in [6.07, 6.45) is 2.28. The van der Waals surface area contributed by atoms with E-state index in [2.05, 4.69) is 55.3 Å². The van der Waals surface area contributed by atoms with Gasteiger partial charge in [0.15, 0.2) is 0 Å². The number of benzene rings is 1. The molecule has 0 fully saturated rings. The minimum Gasteiger partial charge on any atom is -0.0660 e. The average Bonchev–Trinajstić information content (AvgIpc) is 2.28. The molecule has 1 aliphatic carbocycles. The lowest BCUT2D eigenvalue weighted by Crippen LogP contribution is -2.20. The minimum atomic E-state index is 0.0430. The highest BCUT2D eigenvalue weighted by molar-refractivity contribution is 6.19. The van der Waals surface area contributed by atoms with Gasteiger partial charge in [0.05, 0.1) is 0 Å². The highest BCUT2D eigenvalue weighted by Gasteiger charge is 2.30. The maximum atomic E-state index is 3.83. The van der Waals surface area contributed by atoms with Gasteiger partial charge in [-0.05, 0) is 30.5 Å². The maximum absolute atomic E-state index is 3.83. The monoisotopic (exact) mass is 185 g/mol. The van der Waals surface area contributed by atoms with Crippen molar-refractivity contribution in [2.24, 2.45) is 0 Å². The lowest BCUT2D eigenvalue weighted by Gasteiger charge is -2.22. The van der Waals surface area contributed by atoms with Crippen LogP contribution in [0.4, 0.5) is 0 Å². The third-order valence-electron chi connectivity index (χ3n) is 3.01. The van der Waals surface area contributed by atoms with E-state index in [9.17, 15) is 0 Å². The molecule has 1 heteroatoms. The van der Waals surface area contributed by atoms with Crippen LogP contribution in [-0.2, 0) is 5.04 Å². The van der Waals surface area contributed by atoms with Gasteiger partial charge in [-0.2, -0.15) is 0 Å². The van der Waals surface area contributed by atoms with Gasteiger partial charge in [0.1, 0.15) is 0 Å². The Morgan fingerprint density at radius 3 is 2.54 bits per heavy atom. The molecule has 0 amide bonds. The summed E-state index contributed by atoms with van der Waals surface area (Å²) in [4.78, 5) is 0.